The van der Waals surface area contributed by atoms with Crippen molar-refractivity contribution >= 4 is 45.2 Å². The molecule has 0 aromatic carbocycles. The molecule has 0 unspecified atom stereocenters. The summed E-state index contributed by atoms with van der Waals surface area (Å²) in [6.45, 7) is 0. The van der Waals surface area contributed by atoms with Crippen molar-refractivity contribution in [1.29, 1.82) is 0 Å². The molecule has 0 spiro atoms. The molecule has 7 heteroatoms. The number of thiazole rings is 1. The lowest BCUT2D eigenvalue weighted by molar-refractivity contribution is -0.137. The van der Waals surface area contributed by atoms with E-state index in [1.165, 1.54) is 11.3 Å². The number of hydrogen-bond donors (Lipinski definition) is 1. The number of nitrogens with zero attached hydrogens (tertiary/aromatic N) is 2. The number of carbonyl (C=O) groups is 1. The SMILES string of the molecule is O=C(O)CCCc1csc2nc(-c3csc(Cl)c3)cn12. The number of fused-ring (bicyclic) bond motifs is 1. The van der Waals surface area contributed by atoms with Crippen LogP contribution < -0.4 is 0 Å². The van der Waals surface area contributed by atoms with Gasteiger partial charge in [0.15, 0.2) is 4.96 Å². The molecule has 20 heavy (non-hydrogen) atoms. The molecule has 4 nitrogen and oxygen atoms in total. The van der Waals surface area contributed by atoms with Crippen molar-refractivity contribution in [1.82, 2.24) is 9.38 Å². The molecule has 0 aliphatic carbocycles. The second kappa shape index (κ2) is 5.55. The van der Waals surface area contributed by atoms with Crippen LogP contribution in [-0.4, -0.2) is 20.5 Å². The molecule has 0 atom stereocenters. The van der Waals surface area contributed by atoms with Gasteiger partial charge >= 0.3 is 5.97 Å². The lowest BCUT2D eigenvalue weighted by Crippen LogP contribution is -1.97. The quantitative estimate of drug-likeness (QED) is 0.765. The zero-order chi connectivity index (χ0) is 14.1. The summed E-state index contributed by atoms with van der Waals surface area (Å²) in [5.74, 6) is -0.754. The molecular weight excluding hydrogens is 316 g/mol. The first kappa shape index (κ1) is 13.6. The minimum atomic E-state index is -0.754. The number of halogens is 1. The zero-order valence-corrected chi connectivity index (χ0v) is 12.8. The van der Waals surface area contributed by atoms with Gasteiger partial charge in [0, 0.05) is 34.6 Å². The molecular formula is C13H11ClN2O2S2. The van der Waals surface area contributed by atoms with Crippen LogP contribution in [0.5, 0.6) is 0 Å². The van der Waals surface area contributed by atoms with E-state index < -0.39 is 5.97 Å². The number of imidazole rings is 1. The van der Waals surface area contributed by atoms with Gasteiger partial charge in [-0.2, -0.15) is 0 Å². The highest BCUT2D eigenvalue weighted by molar-refractivity contribution is 7.15. The molecule has 3 aromatic heterocycles. The second-order valence-corrected chi connectivity index (χ2v) is 6.77. The van der Waals surface area contributed by atoms with Gasteiger partial charge in [-0.15, -0.1) is 22.7 Å². The predicted molar refractivity (Wildman–Crippen MR) is 82.0 cm³/mol. The minimum Gasteiger partial charge on any atom is -0.481 e. The lowest BCUT2D eigenvalue weighted by Gasteiger charge is -1.97. The Labute approximate surface area is 128 Å². The molecule has 104 valence electrons. The van der Waals surface area contributed by atoms with E-state index >= 15 is 0 Å². The van der Waals surface area contributed by atoms with Gasteiger partial charge in [0.1, 0.15) is 0 Å². The standard InChI is InChI=1S/C13H11ClN2O2S2/c14-11-4-8(6-19-11)10-5-16-9(2-1-3-12(17)18)7-20-13(16)15-10/h4-7H,1-3H2,(H,17,18). The van der Waals surface area contributed by atoms with Crippen LogP contribution in [0.4, 0.5) is 0 Å². The maximum atomic E-state index is 10.6. The Morgan fingerprint density at radius 3 is 2.95 bits per heavy atom. The largest absolute Gasteiger partial charge is 0.481 e. The third-order valence-corrected chi connectivity index (χ3v) is 4.95. The average Bonchev–Trinajstić information content (AvgIpc) is 3.05. The van der Waals surface area contributed by atoms with E-state index in [9.17, 15) is 4.79 Å². The molecule has 3 rings (SSSR count). The normalized spacial score (nSPS) is 11.2. The molecule has 0 radical (unpaired) electrons. The van der Waals surface area contributed by atoms with Crippen molar-refractivity contribution in [2.75, 3.05) is 0 Å². The number of rotatable bonds is 5. The van der Waals surface area contributed by atoms with Crippen molar-refractivity contribution in [3.63, 3.8) is 0 Å². The fraction of sp³-hybridized carbons (Fsp3) is 0.231. The summed E-state index contributed by atoms with van der Waals surface area (Å²) < 4.78 is 2.78. The van der Waals surface area contributed by atoms with Crippen molar-refractivity contribution < 1.29 is 9.90 Å². The third kappa shape index (κ3) is 2.72. The van der Waals surface area contributed by atoms with E-state index in [1.54, 1.807) is 11.3 Å². The van der Waals surface area contributed by atoms with Gasteiger partial charge in [-0.05, 0) is 18.9 Å². The van der Waals surface area contributed by atoms with Crippen molar-refractivity contribution in [2.45, 2.75) is 19.3 Å². The number of aliphatic carboxylic acids is 1. The summed E-state index contributed by atoms with van der Waals surface area (Å²) in [5.41, 5.74) is 3.03. The molecule has 3 aromatic rings. The van der Waals surface area contributed by atoms with E-state index in [-0.39, 0.29) is 6.42 Å². The van der Waals surface area contributed by atoms with Gasteiger partial charge in [0.05, 0.1) is 10.0 Å². The summed E-state index contributed by atoms with van der Waals surface area (Å²) >= 11 is 9.00. The van der Waals surface area contributed by atoms with E-state index in [4.69, 9.17) is 16.7 Å². The topological polar surface area (TPSA) is 54.6 Å². The molecule has 1 N–H and O–H groups in total. The Kier molecular flexibility index (Phi) is 3.78. The van der Waals surface area contributed by atoms with Crippen molar-refractivity contribution in [3.05, 3.63) is 33.1 Å². The number of thiophene rings is 1. The summed E-state index contributed by atoms with van der Waals surface area (Å²) in [7, 11) is 0. The first-order valence-electron chi connectivity index (χ1n) is 6.05. The Hall–Kier alpha value is -1.37. The van der Waals surface area contributed by atoms with Crippen LogP contribution in [0.15, 0.2) is 23.0 Å². The molecule has 0 fully saturated rings. The minimum absolute atomic E-state index is 0.193. The predicted octanol–water partition coefficient (Wildman–Crippen LogP) is 4.19. The molecule has 0 aliphatic rings. The van der Waals surface area contributed by atoms with E-state index in [0.29, 0.717) is 6.42 Å². The first-order chi connectivity index (χ1) is 9.63. The van der Waals surface area contributed by atoms with E-state index in [2.05, 4.69) is 4.98 Å². The highest BCUT2D eigenvalue weighted by Crippen LogP contribution is 2.30. The van der Waals surface area contributed by atoms with Crippen molar-refractivity contribution in [3.8, 4) is 11.3 Å². The van der Waals surface area contributed by atoms with Crippen LogP contribution in [0.2, 0.25) is 4.34 Å². The van der Waals surface area contributed by atoms with Crippen molar-refractivity contribution in [2.24, 2.45) is 0 Å². The average molecular weight is 327 g/mol. The number of aromatic nitrogens is 2. The summed E-state index contributed by atoms with van der Waals surface area (Å²) in [4.78, 5) is 16.1. The van der Waals surface area contributed by atoms with Crippen LogP contribution in [-0.2, 0) is 11.2 Å². The van der Waals surface area contributed by atoms with Crippen LogP contribution in [0, 0.1) is 0 Å². The number of carboxylic acids is 1. The molecule has 0 amide bonds. The third-order valence-electron chi connectivity index (χ3n) is 2.97. The van der Waals surface area contributed by atoms with Gasteiger partial charge in [0.25, 0.3) is 0 Å². The summed E-state index contributed by atoms with van der Waals surface area (Å²) in [5, 5.41) is 12.7. The zero-order valence-electron chi connectivity index (χ0n) is 10.4. The molecule has 3 heterocycles. The summed E-state index contributed by atoms with van der Waals surface area (Å²) in [6, 6.07) is 1.91. The van der Waals surface area contributed by atoms with Gasteiger partial charge in [-0.25, -0.2) is 4.98 Å². The lowest BCUT2D eigenvalue weighted by atomic mass is 10.2. The highest BCUT2D eigenvalue weighted by Gasteiger charge is 2.11. The van der Waals surface area contributed by atoms with Crippen LogP contribution in [0.1, 0.15) is 18.5 Å². The molecule has 0 bridgehead atoms. The highest BCUT2D eigenvalue weighted by atomic mass is 35.5. The van der Waals surface area contributed by atoms with Crippen LogP contribution in [0.25, 0.3) is 16.2 Å². The maximum Gasteiger partial charge on any atom is 0.303 e. The maximum absolute atomic E-state index is 10.6. The van der Waals surface area contributed by atoms with Gasteiger partial charge < -0.3 is 5.11 Å². The molecule has 0 saturated carbocycles. The molecule has 0 aliphatic heterocycles. The van der Waals surface area contributed by atoms with Crippen LogP contribution in [0.3, 0.4) is 0 Å². The summed E-state index contributed by atoms with van der Waals surface area (Å²) in [6.07, 6.45) is 3.56. The second-order valence-electron chi connectivity index (χ2n) is 4.39. The smallest absolute Gasteiger partial charge is 0.303 e. The van der Waals surface area contributed by atoms with Crippen LogP contribution >= 0.6 is 34.3 Å². The Morgan fingerprint density at radius 2 is 2.25 bits per heavy atom. The van der Waals surface area contributed by atoms with E-state index in [1.807, 2.05) is 27.4 Å². The monoisotopic (exact) mass is 326 g/mol. The Balaban J connectivity index is 1.85. The fourth-order valence-electron chi connectivity index (χ4n) is 2.01. The number of hydrogen-bond acceptors (Lipinski definition) is 4. The molecule has 0 saturated heterocycles. The first-order valence-corrected chi connectivity index (χ1v) is 8.19. The van der Waals surface area contributed by atoms with E-state index in [0.717, 1.165) is 32.7 Å². The van der Waals surface area contributed by atoms with Gasteiger partial charge in [-0.1, -0.05) is 11.6 Å². The Bertz CT molecular complexity index is 759. The number of aryl methyl sites for hydroxylation is 1. The number of carboxylic acid groups (broad SMARTS) is 1. The Morgan fingerprint density at radius 1 is 1.40 bits per heavy atom. The van der Waals surface area contributed by atoms with Gasteiger partial charge in [0.2, 0.25) is 0 Å². The fourth-order valence-corrected chi connectivity index (χ4v) is 3.80. The van der Waals surface area contributed by atoms with Gasteiger partial charge in [-0.3, -0.25) is 9.20 Å².